The number of carbonyl (C=O) groups excluding carboxylic acids is 2. The summed E-state index contributed by atoms with van der Waals surface area (Å²) in [7, 11) is 0. The van der Waals surface area contributed by atoms with Crippen molar-refractivity contribution >= 4 is 39.9 Å². The lowest BCUT2D eigenvalue weighted by Gasteiger charge is -2.11. The highest BCUT2D eigenvalue weighted by Crippen LogP contribution is 2.37. The van der Waals surface area contributed by atoms with E-state index in [9.17, 15) is 9.59 Å². The molecule has 0 atom stereocenters. The zero-order valence-electron chi connectivity index (χ0n) is 11.0. The Kier molecular flexibility index (Phi) is 4.87. The lowest BCUT2D eigenvalue weighted by atomic mass is 9.95. The van der Waals surface area contributed by atoms with Gasteiger partial charge in [-0.15, -0.1) is 11.3 Å². The van der Waals surface area contributed by atoms with Gasteiger partial charge in [-0.3, -0.25) is 9.59 Å². The van der Waals surface area contributed by atoms with Gasteiger partial charge in [0.2, 0.25) is 5.91 Å². The fourth-order valence-corrected chi connectivity index (χ4v) is 4.00. The van der Waals surface area contributed by atoms with E-state index in [0.29, 0.717) is 17.0 Å². The molecule has 0 saturated heterocycles. The Morgan fingerprint density at radius 3 is 2.79 bits per heavy atom. The number of primary amides is 1. The van der Waals surface area contributed by atoms with Crippen molar-refractivity contribution in [3.63, 3.8) is 0 Å². The highest BCUT2D eigenvalue weighted by atomic mass is 32.2. The largest absolute Gasteiger partial charge is 0.365 e. The van der Waals surface area contributed by atoms with E-state index in [4.69, 9.17) is 5.73 Å². The Labute approximate surface area is 121 Å². The van der Waals surface area contributed by atoms with Crippen LogP contribution in [0.15, 0.2) is 0 Å². The Bertz CT molecular complexity index is 497. The van der Waals surface area contributed by atoms with Gasteiger partial charge in [0.1, 0.15) is 5.00 Å². The van der Waals surface area contributed by atoms with Crippen LogP contribution >= 0.6 is 23.1 Å². The third-order valence-corrected chi connectivity index (χ3v) is 5.02. The van der Waals surface area contributed by atoms with Crippen LogP contribution in [0.1, 0.15) is 40.1 Å². The number of amides is 2. The summed E-state index contributed by atoms with van der Waals surface area (Å²) >= 11 is 3.14. The maximum Gasteiger partial charge on any atom is 0.251 e. The Balaban J connectivity index is 2.22. The van der Waals surface area contributed by atoms with Crippen LogP contribution in [0.2, 0.25) is 0 Å². The van der Waals surface area contributed by atoms with Gasteiger partial charge in [-0.25, -0.2) is 0 Å². The highest BCUT2D eigenvalue weighted by Gasteiger charge is 2.24. The first-order valence-corrected chi connectivity index (χ1v) is 8.57. The molecule has 1 aliphatic carbocycles. The van der Waals surface area contributed by atoms with E-state index < -0.39 is 5.91 Å². The second-order valence-electron chi connectivity index (χ2n) is 4.57. The van der Waals surface area contributed by atoms with Crippen molar-refractivity contribution in [3.8, 4) is 0 Å². The van der Waals surface area contributed by atoms with E-state index in [1.165, 1.54) is 16.2 Å². The monoisotopic (exact) mass is 298 g/mol. The molecule has 19 heavy (non-hydrogen) atoms. The van der Waals surface area contributed by atoms with Crippen molar-refractivity contribution in [2.75, 3.05) is 17.3 Å². The fourth-order valence-electron chi connectivity index (χ4n) is 2.30. The number of hydrogen-bond donors (Lipinski definition) is 2. The molecule has 6 heteroatoms. The van der Waals surface area contributed by atoms with Crippen LogP contribution in [0.4, 0.5) is 5.00 Å². The van der Waals surface area contributed by atoms with Gasteiger partial charge in [-0.1, -0.05) is 0 Å². The van der Waals surface area contributed by atoms with Crippen LogP contribution < -0.4 is 11.1 Å². The zero-order chi connectivity index (χ0) is 13.8. The molecule has 0 aromatic carbocycles. The molecule has 2 amide bonds. The number of fused-ring (bicyclic) bond motifs is 1. The summed E-state index contributed by atoms with van der Waals surface area (Å²) in [6, 6.07) is 0. The molecule has 0 fully saturated rings. The fraction of sp³-hybridized carbons (Fsp3) is 0.538. The molecule has 1 aromatic heterocycles. The van der Waals surface area contributed by atoms with E-state index in [1.54, 1.807) is 11.8 Å². The van der Waals surface area contributed by atoms with E-state index in [0.717, 1.165) is 37.0 Å². The minimum Gasteiger partial charge on any atom is -0.365 e. The molecule has 0 unspecified atom stereocenters. The predicted molar refractivity (Wildman–Crippen MR) is 81.1 cm³/mol. The van der Waals surface area contributed by atoms with Gasteiger partial charge >= 0.3 is 0 Å². The van der Waals surface area contributed by atoms with Crippen molar-refractivity contribution in [2.24, 2.45) is 5.73 Å². The molecule has 1 aliphatic rings. The number of thioether (sulfide) groups is 1. The number of anilines is 1. The Morgan fingerprint density at radius 2 is 2.11 bits per heavy atom. The second-order valence-corrected chi connectivity index (χ2v) is 6.66. The van der Waals surface area contributed by atoms with Crippen LogP contribution in [0.3, 0.4) is 0 Å². The number of thiophene rings is 1. The third-order valence-electron chi connectivity index (χ3n) is 3.20. The molecule has 2 rings (SSSR count). The number of nitrogens with one attached hydrogen (secondary N) is 1. The molecular weight excluding hydrogens is 280 g/mol. The molecule has 3 N–H and O–H groups in total. The van der Waals surface area contributed by atoms with Gasteiger partial charge in [0, 0.05) is 17.1 Å². The average molecular weight is 298 g/mol. The van der Waals surface area contributed by atoms with E-state index in [-0.39, 0.29) is 5.91 Å². The molecule has 4 nitrogen and oxygen atoms in total. The molecule has 0 aliphatic heterocycles. The summed E-state index contributed by atoms with van der Waals surface area (Å²) in [6.07, 6.45) is 6.54. The average Bonchev–Trinajstić information content (AvgIpc) is 2.74. The third kappa shape index (κ3) is 3.30. The van der Waals surface area contributed by atoms with Crippen LogP contribution in [-0.2, 0) is 17.6 Å². The zero-order valence-corrected chi connectivity index (χ0v) is 12.6. The number of rotatable bonds is 5. The number of aryl methyl sites for hydroxylation is 1. The van der Waals surface area contributed by atoms with Crippen LogP contribution in [0.5, 0.6) is 0 Å². The quantitative estimate of drug-likeness (QED) is 0.877. The topological polar surface area (TPSA) is 72.2 Å². The molecular formula is C13H18N2O2S2. The lowest BCUT2D eigenvalue weighted by molar-refractivity contribution is -0.115. The van der Waals surface area contributed by atoms with Gasteiger partial charge < -0.3 is 11.1 Å². The van der Waals surface area contributed by atoms with E-state index in [1.807, 2.05) is 6.26 Å². The summed E-state index contributed by atoms with van der Waals surface area (Å²) in [5, 5.41) is 3.49. The molecule has 1 aromatic rings. The van der Waals surface area contributed by atoms with Crippen molar-refractivity contribution < 1.29 is 9.59 Å². The molecule has 104 valence electrons. The summed E-state index contributed by atoms with van der Waals surface area (Å²) < 4.78 is 0. The molecule has 0 spiro atoms. The summed E-state index contributed by atoms with van der Waals surface area (Å²) in [5.41, 5.74) is 7.07. The van der Waals surface area contributed by atoms with Gasteiger partial charge in [0.15, 0.2) is 0 Å². The highest BCUT2D eigenvalue weighted by molar-refractivity contribution is 7.98. The van der Waals surface area contributed by atoms with Crippen molar-refractivity contribution in [2.45, 2.75) is 32.1 Å². The predicted octanol–water partition coefficient (Wildman–Crippen LogP) is 2.42. The minimum atomic E-state index is -0.431. The molecule has 0 bridgehead atoms. The summed E-state index contributed by atoms with van der Waals surface area (Å²) in [6.45, 7) is 0. The van der Waals surface area contributed by atoms with Gasteiger partial charge in [0.05, 0.1) is 5.56 Å². The molecule has 1 heterocycles. The summed E-state index contributed by atoms with van der Waals surface area (Å²) in [4.78, 5) is 24.6. The molecule has 0 saturated carbocycles. The first kappa shape index (κ1) is 14.4. The maximum atomic E-state index is 11.8. The molecule has 0 radical (unpaired) electrons. The van der Waals surface area contributed by atoms with Crippen molar-refractivity contribution in [3.05, 3.63) is 16.0 Å². The Hall–Kier alpha value is -1.01. The first-order chi connectivity index (χ1) is 9.13. The summed E-state index contributed by atoms with van der Waals surface area (Å²) in [5.74, 6) is 0.304. The van der Waals surface area contributed by atoms with Crippen molar-refractivity contribution in [1.29, 1.82) is 0 Å². The van der Waals surface area contributed by atoms with E-state index >= 15 is 0 Å². The van der Waals surface area contributed by atoms with Gasteiger partial charge in [-0.2, -0.15) is 11.8 Å². The lowest BCUT2D eigenvalue weighted by Crippen LogP contribution is -2.18. The Morgan fingerprint density at radius 1 is 1.37 bits per heavy atom. The SMILES string of the molecule is CSCCC(=O)Nc1sc2c(c1C(N)=O)CCCC2. The first-order valence-electron chi connectivity index (χ1n) is 6.36. The van der Waals surface area contributed by atoms with E-state index in [2.05, 4.69) is 5.32 Å². The second kappa shape index (κ2) is 6.43. The number of nitrogens with two attached hydrogens (primary N) is 1. The smallest absolute Gasteiger partial charge is 0.251 e. The van der Waals surface area contributed by atoms with Crippen LogP contribution in [0, 0.1) is 0 Å². The standard InChI is InChI=1S/C13H18N2O2S2/c1-18-7-6-10(16)15-13-11(12(14)17)8-4-2-3-5-9(8)19-13/h2-7H2,1H3,(H2,14,17)(H,15,16). The number of carbonyl (C=O) groups is 2. The van der Waals surface area contributed by atoms with Gasteiger partial charge in [-0.05, 0) is 37.5 Å². The normalized spacial score (nSPS) is 13.9. The number of hydrogen-bond acceptors (Lipinski definition) is 4. The maximum absolute atomic E-state index is 11.8. The van der Waals surface area contributed by atoms with Crippen LogP contribution in [-0.4, -0.2) is 23.8 Å². The van der Waals surface area contributed by atoms with Crippen LogP contribution in [0.25, 0.3) is 0 Å². The van der Waals surface area contributed by atoms with Gasteiger partial charge in [0.25, 0.3) is 5.91 Å². The minimum absolute atomic E-state index is 0.0459. The van der Waals surface area contributed by atoms with Crippen molar-refractivity contribution in [1.82, 2.24) is 0 Å².